The highest BCUT2D eigenvalue weighted by atomic mass is 16.3. The Hall–Kier alpha value is -1.41. The van der Waals surface area contributed by atoms with Gasteiger partial charge < -0.3 is 15.5 Å². The van der Waals surface area contributed by atoms with Crippen LogP contribution in [0.3, 0.4) is 0 Å². The van der Waals surface area contributed by atoms with Gasteiger partial charge in [-0.25, -0.2) is 0 Å². The van der Waals surface area contributed by atoms with Crippen molar-refractivity contribution in [1.82, 2.24) is 5.32 Å². The van der Waals surface area contributed by atoms with Gasteiger partial charge in [-0.1, -0.05) is 18.6 Å². The van der Waals surface area contributed by atoms with Crippen molar-refractivity contribution in [2.24, 2.45) is 5.92 Å². The van der Waals surface area contributed by atoms with Gasteiger partial charge in [-0.15, -0.1) is 0 Å². The summed E-state index contributed by atoms with van der Waals surface area (Å²) in [6.07, 6.45) is 3.31. The van der Waals surface area contributed by atoms with Crippen LogP contribution in [0.15, 0.2) is 24.3 Å². The average Bonchev–Trinajstić information content (AvgIpc) is 2.47. The molecular weight excluding hydrogens is 252 g/mol. The van der Waals surface area contributed by atoms with Crippen molar-refractivity contribution in [3.05, 3.63) is 35.4 Å². The highest BCUT2D eigenvalue weighted by Crippen LogP contribution is 2.23. The van der Waals surface area contributed by atoms with Gasteiger partial charge in [0.2, 0.25) is 0 Å². The van der Waals surface area contributed by atoms with Crippen molar-refractivity contribution in [2.75, 3.05) is 13.1 Å². The summed E-state index contributed by atoms with van der Waals surface area (Å²) in [4.78, 5) is 0. The van der Waals surface area contributed by atoms with E-state index in [9.17, 15) is 10.2 Å². The Bertz CT molecular complexity index is 453. The second-order valence-corrected chi connectivity index (χ2v) is 5.59. The van der Waals surface area contributed by atoms with Crippen molar-refractivity contribution in [2.45, 2.75) is 37.9 Å². The molecule has 0 radical (unpaired) electrons. The zero-order valence-electron chi connectivity index (χ0n) is 11.6. The van der Waals surface area contributed by atoms with Gasteiger partial charge in [0.1, 0.15) is 0 Å². The molecule has 1 aliphatic rings. The summed E-state index contributed by atoms with van der Waals surface area (Å²) in [6.45, 7) is 1.34. The molecule has 108 valence electrons. The van der Waals surface area contributed by atoms with Crippen LogP contribution in [0.25, 0.3) is 0 Å². The van der Waals surface area contributed by atoms with E-state index in [1.54, 1.807) is 24.3 Å². The molecule has 1 aromatic carbocycles. The highest BCUT2D eigenvalue weighted by molar-refractivity contribution is 5.32. The van der Waals surface area contributed by atoms with Crippen molar-refractivity contribution in [3.8, 4) is 6.07 Å². The third kappa shape index (κ3) is 4.31. The van der Waals surface area contributed by atoms with Crippen LogP contribution < -0.4 is 5.32 Å². The van der Waals surface area contributed by atoms with Crippen LogP contribution in [-0.2, 0) is 0 Å². The third-order valence-corrected chi connectivity index (χ3v) is 3.95. The molecule has 0 aliphatic heterocycles. The fraction of sp³-hybridized carbons (Fsp3) is 0.562. The van der Waals surface area contributed by atoms with Crippen LogP contribution in [-0.4, -0.2) is 29.4 Å². The Balaban J connectivity index is 1.74. The number of nitrogens with one attached hydrogen (secondary N) is 1. The van der Waals surface area contributed by atoms with Crippen LogP contribution in [0.1, 0.15) is 42.9 Å². The van der Waals surface area contributed by atoms with Crippen LogP contribution in [0.4, 0.5) is 0 Å². The first-order valence-corrected chi connectivity index (χ1v) is 7.26. The lowest BCUT2D eigenvalue weighted by molar-refractivity contribution is 0.0983. The monoisotopic (exact) mass is 274 g/mol. The molecule has 0 amide bonds. The lowest BCUT2D eigenvalue weighted by atomic mass is 9.87. The first-order valence-electron chi connectivity index (χ1n) is 7.26. The Morgan fingerprint density at radius 1 is 1.30 bits per heavy atom. The summed E-state index contributed by atoms with van der Waals surface area (Å²) in [5.41, 5.74) is 1.42. The molecule has 1 aromatic rings. The fourth-order valence-electron chi connectivity index (χ4n) is 2.77. The fourth-order valence-corrected chi connectivity index (χ4v) is 2.77. The molecule has 4 heteroatoms. The van der Waals surface area contributed by atoms with E-state index in [1.165, 1.54) is 0 Å². The minimum absolute atomic E-state index is 0.154. The molecule has 1 saturated carbocycles. The number of aliphatic hydroxyl groups excluding tert-OH is 2. The van der Waals surface area contributed by atoms with Gasteiger partial charge >= 0.3 is 0 Å². The number of aliphatic hydroxyl groups is 2. The van der Waals surface area contributed by atoms with Crippen molar-refractivity contribution < 1.29 is 10.2 Å². The van der Waals surface area contributed by atoms with E-state index >= 15 is 0 Å². The number of benzene rings is 1. The van der Waals surface area contributed by atoms with Crippen molar-refractivity contribution in [1.29, 1.82) is 5.26 Å². The standard InChI is InChI=1S/C16H22N2O2/c17-9-12-4-6-14(7-5-12)16(20)11-18-10-13-2-1-3-15(19)8-13/h4-7,13,15-16,18-20H,1-3,8,10-11H2. The van der Waals surface area contributed by atoms with E-state index in [1.807, 2.05) is 0 Å². The molecule has 3 unspecified atom stereocenters. The molecule has 20 heavy (non-hydrogen) atoms. The number of hydrogen-bond donors (Lipinski definition) is 3. The van der Waals surface area contributed by atoms with Crippen molar-refractivity contribution >= 4 is 0 Å². The Morgan fingerprint density at radius 3 is 2.70 bits per heavy atom. The Labute approximate surface area is 120 Å². The van der Waals surface area contributed by atoms with Gasteiger partial charge in [-0.2, -0.15) is 5.26 Å². The van der Waals surface area contributed by atoms with Gasteiger partial charge in [0, 0.05) is 6.54 Å². The molecule has 1 fully saturated rings. The third-order valence-electron chi connectivity index (χ3n) is 3.95. The molecule has 4 nitrogen and oxygen atoms in total. The average molecular weight is 274 g/mol. The first-order chi connectivity index (χ1) is 9.69. The number of nitrogens with zero attached hydrogens (tertiary/aromatic N) is 1. The predicted molar refractivity (Wildman–Crippen MR) is 77.0 cm³/mol. The van der Waals surface area contributed by atoms with Crippen LogP contribution >= 0.6 is 0 Å². The van der Waals surface area contributed by atoms with Gasteiger partial charge in [-0.05, 0) is 49.4 Å². The van der Waals surface area contributed by atoms with Gasteiger partial charge in [0.05, 0.1) is 23.8 Å². The van der Waals surface area contributed by atoms with Gasteiger partial charge in [-0.3, -0.25) is 0 Å². The smallest absolute Gasteiger partial charge is 0.0991 e. The molecular formula is C16H22N2O2. The van der Waals surface area contributed by atoms with Crippen LogP contribution in [0.2, 0.25) is 0 Å². The molecule has 2 rings (SSSR count). The zero-order valence-corrected chi connectivity index (χ0v) is 11.6. The number of rotatable bonds is 5. The summed E-state index contributed by atoms with van der Waals surface area (Å²) in [5.74, 6) is 0.506. The molecule has 0 spiro atoms. The molecule has 0 aromatic heterocycles. The topological polar surface area (TPSA) is 76.3 Å². The molecule has 0 saturated heterocycles. The maximum atomic E-state index is 10.1. The van der Waals surface area contributed by atoms with Crippen molar-refractivity contribution in [3.63, 3.8) is 0 Å². The number of hydrogen-bond acceptors (Lipinski definition) is 4. The lowest BCUT2D eigenvalue weighted by Gasteiger charge is -2.26. The summed E-state index contributed by atoms with van der Waals surface area (Å²) in [6, 6.07) is 9.07. The highest BCUT2D eigenvalue weighted by Gasteiger charge is 2.20. The first kappa shape index (κ1) is 15.0. The minimum Gasteiger partial charge on any atom is -0.393 e. The molecule has 3 atom stereocenters. The summed E-state index contributed by atoms with van der Waals surface area (Å²) < 4.78 is 0. The van der Waals surface area contributed by atoms with E-state index in [0.717, 1.165) is 37.8 Å². The van der Waals surface area contributed by atoms with E-state index in [0.29, 0.717) is 18.0 Å². The SMILES string of the molecule is N#Cc1ccc(C(O)CNCC2CCCC(O)C2)cc1. The second kappa shape index (κ2) is 7.39. The largest absolute Gasteiger partial charge is 0.393 e. The Kier molecular flexibility index (Phi) is 5.54. The molecule has 3 N–H and O–H groups in total. The quantitative estimate of drug-likeness (QED) is 0.764. The maximum absolute atomic E-state index is 10.1. The van der Waals surface area contributed by atoms with E-state index in [-0.39, 0.29) is 6.10 Å². The number of nitriles is 1. The predicted octanol–water partition coefficient (Wildman–Crippen LogP) is 1.73. The molecule has 0 heterocycles. The van der Waals surface area contributed by atoms with Gasteiger partial charge in [0.15, 0.2) is 0 Å². The summed E-state index contributed by atoms with van der Waals surface area (Å²) in [7, 11) is 0. The maximum Gasteiger partial charge on any atom is 0.0991 e. The second-order valence-electron chi connectivity index (χ2n) is 5.59. The Morgan fingerprint density at radius 2 is 2.05 bits per heavy atom. The van der Waals surface area contributed by atoms with Crippen LogP contribution in [0.5, 0.6) is 0 Å². The molecule has 0 bridgehead atoms. The van der Waals surface area contributed by atoms with E-state index in [2.05, 4.69) is 11.4 Å². The lowest BCUT2D eigenvalue weighted by Crippen LogP contribution is -2.31. The van der Waals surface area contributed by atoms with Gasteiger partial charge in [0.25, 0.3) is 0 Å². The summed E-state index contributed by atoms with van der Waals surface area (Å²) in [5, 5.41) is 31.7. The zero-order chi connectivity index (χ0) is 14.4. The van der Waals surface area contributed by atoms with E-state index in [4.69, 9.17) is 5.26 Å². The summed E-state index contributed by atoms with van der Waals surface area (Å²) >= 11 is 0. The van der Waals surface area contributed by atoms with Crippen LogP contribution in [0, 0.1) is 17.2 Å². The van der Waals surface area contributed by atoms with E-state index < -0.39 is 6.10 Å². The minimum atomic E-state index is -0.559. The normalized spacial score (nSPS) is 24.1. The molecule has 1 aliphatic carbocycles.